The van der Waals surface area contributed by atoms with E-state index in [1.54, 1.807) is 43.3 Å². The number of para-hydroxylation sites is 1. The summed E-state index contributed by atoms with van der Waals surface area (Å²) >= 11 is 5.93. The lowest BCUT2D eigenvalue weighted by molar-refractivity contribution is 0.601. The molecule has 0 fully saturated rings. The third-order valence-corrected chi connectivity index (χ3v) is 4.33. The highest BCUT2D eigenvalue weighted by molar-refractivity contribution is 7.92. The topological polar surface area (TPSA) is 72.2 Å². The van der Waals surface area contributed by atoms with E-state index in [2.05, 4.69) is 4.72 Å². The highest BCUT2D eigenvalue weighted by atomic mass is 35.5. The molecule has 2 aromatic carbocycles. The first-order valence-electron chi connectivity index (χ1n) is 5.53. The predicted molar refractivity (Wildman–Crippen MR) is 77.9 cm³/mol. The minimum absolute atomic E-state index is 0.0485. The number of sulfonamides is 1. The average Bonchev–Trinajstić information content (AvgIpc) is 2.35. The lowest BCUT2D eigenvalue weighted by Gasteiger charge is -2.11. The Morgan fingerprint density at radius 1 is 1.16 bits per heavy atom. The summed E-state index contributed by atoms with van der Waals surface area (Å²) in [6.07, 6.45) is 0. The van der Waals surface area contributed by atoms with Crippen molar-refractivity contribution in [3.63, 3.8) is 0 Å². The summed E-state index contributed by atoms with van der Waals surface area (Å²) in [4.78, 5) is 0.0485. The lowest BCUT2D eigenvalue weighted by atomic mass is 10.2. The molecule has 0 saturated heterocycles. The van der Waals surface area contributed by atoms with Gasteiger partial charge in [-0.15, -0.1) is 0 Å². The number of nitrogens with one attached hydrogen (secondary N) is 1. The maximum absolute atomic E-state index is 12.3. The fourth-order valence-electron chi connectivity index (χ4n) is 1.62. The quantitative estimate of drug-likeness (QED) is 0.855. The molecule has 0 saturated carbocycles. The van der Waals surface area contributed by atoms with Gasteiger partial charge in [-0.05, 0) is 36.8 Å². The summed E-state index contributed by atoms with van der Waals surface area (Å²) in [6.45, 7) is 1.80. The lowest BCUT2D eigenvalue weighted by Crippen LogP contribution is -2.15. The Hall–Kier alpha value is -1.72. The van der Waals surface area contributed by atoms with Crippen molar-refractivity contribution in [2.24, 2.45) is 0 Å². The van der Waals surface area contributed by atoms with Crippen LogP contribution in [0.5, 0.6) is 0 Å². The van der Waals surface area contributed by atoms with E-state index in [1.807, 2.05) is 0 Å². The zero-order valence-corrected chi connectivity index (χ0v) is 11.8. The Morgan fingerprint density at radius 2 is 1.84 bits per heavy atom. The largest absolute Gasteiger partial charge is 0.398 e. The van der Waals surface area contributed by atoms with Gasteiger partial charge in [0.1, 0.15) is 4.90 Å². The third-order valence-electron chi connectivity index (χ3n) is 2.58. The number of hydrogen-bond donors (Lipinski definition) is 2. The normalized spacial score (nSPS) is 11.3. The number of halogens is 1. The van der Waals surface area contributed by atoms with Crippen molar-refractivity contribution >= 4 is 33.0 Å². The minimum Gasteiger partial charge on any atom is -0.398 e. The van der Waals surface area contributed by atoms with Crippen molar-refractivity contribution in [3.8, 4) is 0 Å². The Morgan fingerprint density at radius 3 is 2.53 bits per heavy atom. The zero-order valence-electron chi connectivity index (χ0n) is 10.2. The molecule has 100 valence electrons. The molecule has 0 aromatic heterocycles. The number of nitrogen functional groups attached to an aromatic ring is 1. The van der Waals surface area contributed by atoms with Crippen LogP contribution in [-0.4, -0.2) is 8.42 Å². The van der Waals surface area contributed by atoms with Gasteiger partial charge in [-0.2, -0.15) is 0 Å². The molecule has 0 aliphatic carbocycles. The smallest absolute Gasteiger partial charge is 0.264 e. The van der Waals surface area contributed by atoms with Gasteiger partial charge in [0.2, 0.25) is 0 Å². The first-order chi connectivity index (χ1) is 8.90. The SMILES string of the molecule is Cc1ccc(N)c(S(=O)(=O)Nc2ccccc2Cl)c1. The van der Waals surface area contributed by atoms with E-state index in [-0.39, 0.29) is 10.6 Å². The van der Waals surface area contributed by atoms with Crippen LogP contribution in [0, 0.1) is 6.92 Å². The van der Waals surface area contributed by atoms with Crippen molar-refractivity contribution in [3.05, 3.63) is 53.1 Å². The van der Waals surface area contributed by atoms with E-state index in [1.165, 1.54) is 6.07 Å². The van der Waals surface area contributed by atoms with Gasteiger partial charge in [0.25, 0.3) is 10.0 Å². The fraction of sp³-hybridized carbons (Fsp3) is 0.0769. The number of aryl methyl sites for hydroxylation is 1. The Kier molecular flexibility index (Phi) is 3.68. The summed E-state index contributed by atoms with van der Waals surface area (Å²) in [5.41, 5.74) is 7.05. The van der Waals surface area contributed by atoms with Gasteiger partial charge in [0.15, 0.2) is 0 Å². The van der Waals surface area contributed by atoms with Gasteiger partial charge < -0.3 is 5.73 Å². The first-order valence-corrected chi connectivity index (χ1v) is 7.40. The number of anilines is 2. The van der Waals surface area contributed by atoms with E-state index in [0.717, 1.165) is 5.56 Å². The second kappa shape index (κ2) is 5.11. The van der Waals surface area contributed by atoms with Gasteiger partial charge in [-0.1, -0.05) is 29.8 Å². The van der Waals surface area contributed by atoms with E-state index in [9.17, 15) is 8.42 Å². The minimum atomic E-state index is -3.75. The third kappa shape index (κ3) is 3.00. The summed E-state index contributed by atoms with van der Waals surface area (Å²) in [6, 6.07) is 11.5. The zero-order chi connectivity index (χ0) is 14.0. The molecule has 0 radical (unpaired) electrons. The van der Waals surface area contributed by atoms with Crippen LogP contribution >= 0.6 is 11.6 Å². The number of hydrogen-bond acceptors (Lipinski definition) is 3. The molecule has 4 nitrogen and oxygen atoms in total. The molecule has 2 aromatic rings. The predicted octanol–water partition coefficient (Wildman–Crippen LogP) is 3.03. The van der Waals surface area contributed by atoms with E-state index >= 15 is 0 Å². The van der Waals surface area contributed by atoms with Crippen LogP contribution < -0.4 is 10.5 Å². The molecule has 0 heterocycles. The van der Waals surface area contributed by atoms with Gasteiger partial charge in [0.05, 0.1) is 16.4 Å². The van der Waals surface area contributed by atoms with Crippen LogP contribution in [-0.2, 0) is 10.0 Å². The van der Waals surface area contributed by atoms with Crippen molar-refractivity contribution in [1.82, 2.24) is 0 Å². The van der Waals surface area contributed by atoms with E-state index in [0.29, 0.717) is 10.7 Å². The fourth-order valence-corrected chi connectivity index (χ4v) is 3.15. The van der Waals surface area contributed by atoms with Gasteiger partial charge in [-0.3, -0.25) is 4.72 Å². The highest BCUT2D eigenvalue weighted by Crippen LogP contribution is 2.26. The van der Waals surface area contributed by atoms with Gasteiger partial charge in [0, 0.05) is 0 Å². The van der Waals surface area contributed by atoms with E-state index < -0.39 is 10.0 Å². The van der Waals surface area contributed by atoms with Gasteiger partial charge >= 0.3 is 0 Å². The molecule has 0 aliphatic heterocycles. The second-order valence-corrected chi connectivity index (χ2v) is 6.18. The standard InChI is InChI=1S/C13H13ClN2O2S/c1-9-6-7-11(15)13(8-9)19(17,18)16-12-5-3-2-4-10(12)14/h2-8,16H,15H2,1H3. The van der Waals surface area contributed by atoms with Crippen LogP contribution in [0.2, 0.25) is 5.02 Å². The monoisotopic (exact) mass is 296 g/mol. The Balaban J connectivity index is 2.44. The van der Waals surface area contributed by atoms with Crippen LogP contribution in [0.3, 0.4) is 0 Å². The summed E-state index contributed by atoms with van der Waals surface area (Å²) in [5.74, 6) is 0. The molecule has 6 heteroatoms. The van der Waals surface area contributed by atoms with Crippen LogP contribution in [0.4, 0.5) is 11.4 Å². The molecule has 0 spiro atoms. The summed E-state index contributed by atoms with van der Waals surface area (Å²) in [5, 5.41) is 0.331. The van der Waals surface area contributed by atoms with Crippen molar-refractivity contribution in [2.45, 2.75) is 11.8 Å². The van der Waals surface area contributed by atoms with Crippen LogP contribution in [0.1, 0.15) is 5.56 Å². The molecule has 0 amide bonds. The summed E-state index contributed by atoms with van der Waals surface area (Å²) in [7, 11) is -3.75. The molecule has 0 unspecified atom stereocenters. The molecule has 3 N–H and O–H groups in total. The maximum Gasteiger partial charge on any atom is 0.264 e. The van der Waals surface area contributed by atoms with E-state index in [4.69, 9.17) is 17.3 Å². The Labute approximate surface area is 117 Å². The van der Waals surface area contributed by atoms with Crippen molar-refractivity contribution in [2.75, 3.05) is 10.5 Å². The number of rotatable bonds is 3. The molecular formula is C13H13ClN2O2S. The first kappa shape index (κ1) is 13.7. The average molecular weight is 297 g/mol. The Bertz CT molecular complexity index is 714. The second-order valence-electron chi connectivity index (χ2n) is 4.13. The number of nitrogens with two attached hydrogens (primary N) is 1. The maximum atomic E-state index is 12.3. The molecule has 0 aliphatic rings. The van der Waals surface area contributed by atoms with Gasteiger partial charge in [-0.25, -0.2) is 8.42 Å². The number of benzene rings is 2. The van der Waals surface area contributed by atoms with Crippen molar-refractivity contribution < 1.29 is 8.42 Å². The molecule has 2 rings (SSSR count). The molecular weight excluding hydrogens is 284 g/mol. The van der Waals surface area contributed by atoms with Crippen LogP contribution in [0.15, 0.2) is 47.4 Å². The summed E-state index contributed by atoms with van der Waals surface area (Å²) < 4.78 is 27.0. The molecule has 19 heavy (non-hydrogen) atoms. The highest BCUT2D eigenvalue weighted by Gasteiger charge is 2.18. The molecule has 0 atom stereocenters. The van der Waals surface area contributed by atoms with Crippen molar-refractivity contribution in [1.29, 1.82) is 0 Å². The molecule has 0 bridgehead atoms. The van der Waals surface area contributed by atoms with Crippen LogP contribution in [0.25, 0.3) is 0 Å².